The standard InChI is InChI=1S/C11H15ClN2O6S/c1-20-7-5-13(4-6-15)21(18,19)9-2-3-10(12)11(8-9)14(16)17/h2-3,8,15H,4-7H2,1H3. The van der Waals surface area contributed by atoms with Gasteiger partial charge in [0.25, 0.3) is 5.69 Å². The van der Waals surface area contributed by atoms with E-state index in [9.17, 15) is 18.5 Å². The van der Waals surface area contributed by atoms with E-state index in [1.807, 2.05) is 0 Å². The molecule has 0 aliphatic rings. The number of aliphatic hydroxyl groups excluding tert-OH is 1. The lowest BCUT2D eigenvalue weighted by molar-refractivity contribution is -0.384. The number of hydrogen-bond donors (Lipinski definition) is 1. The number of nitrogens with zero attached hydrogens (tertiary/aromatic N) is 2. The molecule has 0 fully saturated rings. The van der Waals surface area contributed by atoms with Crippen molar-refractivity contribution < 1.29 is 23.2 Å². The van der Waals surface area contributed by atoms with Gasteiger partial charge in [0, 0.05) is 26.3 Å². The van der Waals surface area contributed by atoms with Crippen molar-refractivity contribution in [1.82, 2.24) is 4.31 Å². The van der Waals surface area contributed by atoms with Crippen LogP contribution in [-0.2, 0) is 14.8 Å². The maximum atomic E-state index is 12.4. The molecule has 118 valence electrons. The highest BCUT2D eigenvalue weighted by molar-refractivity contribution is 7.89. The van der Waals surface area contributed by atoms with E-state index in [1.165, 1.54) is 13.2 Å². The number of methoxy groups -OCH3 is 1. The van der Waals surface area contributed by atoms with Crippen molar-refractivity contribution >= 4 is 27.3 Å². The van der Waals surface area contributed by atoms with Crippen LogP contribution in [-0.4, -0.2) is 56.2 Å². The lowest BCUT2D eigenvalue weighted by atomic mass is 10.3. The summed E-state index contributed by atoms with van der Waals surface area (Å²) in [6.45, 7) is -0.356. The number of ether oxygens (including phenoxy) is 1. The number of sulfonamides is 1. The first-order chi connectivity index (χ1) is 9.84. The summed E-state index contributed by atoms with van der Waals surface area (Å²) in [4.78, 5) is 9.80. The Morgan fingerprint density at radius 2 is 2.10 bits per heavy atom. The van der Waals surface area contributed by atoms with Crippen LogP contribution in [0.15, 0.2) is 23.1 Å². The first-order valence-corrected chi connectivity index (χ1v) is 7.70. The van der Waals surface area contributed by atoms with Crippen molar-refractivity contribution in [3.63, 3.8) is 0 Å². The summed E-state index contributed by atoms with van der Waals surface area (Å²) in [5.74, 6) is 0. The molecular weight excluding hydrogens is 324 g/mol. The first kappa shape index (κ1) is 17.8. The van der Waals surface area contributed by atoms with Crippen molar-refractivity contribution in [2.45, 2.75) is 4.90 Å². The first-order valence-electron chi connectivity index (χ1n) is 5.88. The molecule has 0 heterocycles. The van der Waals surface area contributed by atoms with Crippen molar-refractivity contribution in [1.29, 1.82) is 0 Å². The number of halogens is 1. The summed E-state index contributed by atoms with van der Waals surface area (Å²) >= 11 is 5.66. The Balaban J connectivity index is 3.21. The molecule has 0 spiro atoms. The molecule has 0 aliphatic carbocycles. The van der Waals surface area contributed by atoms with Gasteiger partial charge in [-0.15, -0.1) is 0 Å². The van der Waals surface area contributed by atoms with E-state index in [1.54, 1.807) is 0 Å². The lowest BCUT2D eigenvalue weighted by Gasteiger charge is -2.20. The molecule has 0 unspecified atom stereocenters. The molecule has 0 amide bonds. The van der Waals surface area contributed by atoms with Crippen molar-refractivity contribution in [3.05, 3.63) is 33.3 Å². The van der Waals surface area contributed by atoms with Crippen molar-refractivity contribution in [2.75, 3.05) is 33.4 Å². The molecule has 0 radical (unpaired) electrons. The molecule has 1 N–H and O–H groups in total. The molecule has 0 saturated carbocycles. The molecule has 0 aromatic heterocycles. The van der Waals surface area contributed by atoms with Gasteiger partial charge < -0.3 is 9.84 Å². The van der Waals surface area contributed by atoms with Crippen LogP contribution in [0.2, 0.25) is 5.02 Å². The molecule has 0 atom stereocenters. The lowest BCUT2D eigenvalue weighted by Crippen LogP contribution is -2.36. The van der Waals surface area contributed by atoms with Crippen LogP contribution >= 0.6 is 11.6 Å². The van der Waals surface area contributed by atoms with Gasteiger partial charge in [-0.1, -0.05) is 11.6 Å². The van der Waals surface area contributed by atoms with Crippen molar-refractivity contribution in [3.8, 4) is 0 Å². The summed E-state index contributed by atoms with van der Waals surface area (Å²) in [6.07, 6.45) is 0. The van der Waals surface area contributed by atoms with Crippen LogP contribution in [0.4, 0.5) is 5.69 Å². The Morgan fingerprint density at radius 3 is 2.62 bits per heavy atom. The third-order valence-electron chi connectivity index (χ3n) is 2.65. The molecule has 1 rings (SSSR count). The van der Waals surface area contributed by atoms with Crippen LogP contribution in [0.1, 0.15) is 0 Å². The van der Waals surface area contributed by atoms with Gasteiger partial charge in [0.05, 0.1) is 23.0 Å². The summed E-state index contributed by atoms with van der Waals surface area (Å²) in [6, 6.07) is 3.23. The highest BCUT2D eigenvalue weighted by Gasteiger charge is 2.26. The second-order valence-electron chi connectivity index (χ2n) is 3.99. The van der Waals surface area contributed by atoms with Gasteiger partial charge in [0.1, 0.15) is 5.02 Å². The molecular formula is C11H15ClN2O6S. The third-order valence-corrected chi connectivity index (χ3v) is 4.86. The fourth-order valence-electron chi connectivity index (χ4n) is 1.60. The highest BCUT2D eigenvalue weighted by Crippen LogP contribution is 2.28. The molecule has 1 aromatic rings. The minimum absolute atomic E-state index is 0.0236. The monoisotopic (exact) mass is 338 g/mol. The Hall–Kier alpha value is -1.26. The van der Waals surface area contributed by atoms with E-state index in [-0.39, 0.29) is 36.2 Å². The Labute approximate surface area is 127 Å². The van der Waals surface area contributed by atoms with Gasteiger partial charge in [-0.3, -0.25) is 10.1 Å². The van der Waals surface area contributed by atoms with E-state index in [0.717, 1.165) is 16.4 Å². The fraction of sp³-hybridized carbons (Fsp3) is 0.455. The zero-order valence-corrected chi connectivity index (χ0v) is 12.8. The zero-order valence-electron chi connectivity index (χ0n) is 11.2. The van der Waals surface area contributed by atoms with E-state index in [4.69, 9.17) is 21.4 Å². The molecule has 0 saturated heterocycles. The predicted octanol–water partition coefficient (Wildman–Crippen LogP) is 0.878. The zero-order chi connectivity index (χ0) is 16.0. The normalized spacial score (nSPS) is 11.8. The number of benzene rings is 1. The second-order valence-corrected chi connectivity index (χ2v) is 6.34. The van der Waals surface area contributed by atoms with Crippen molar-refractivity contribution in [2.24, 2.45) is 0 Å². The van der Waals surface area contributed by atoms with Gasteiger partial charge in [0.2, 0.25) is 10.0 Å². The Bertz CT molecular complexity index is 607. The average Bonchev–Trinajstić information content (AvgIpc) is 2.43. The van der Waals surface area contributed by atoms with E-state index in [2.05, 4.69) is 0 Å². The van der Waals surface area contributed by atoms with Gasteiger partial charge in [-0.2, -0.15) is 4.31 Å². The van der Waals surface area contributed by atoms with Crippen LogP contribution in [0.25, 0.3) is 0 Å². The SMILES string of the molecule is COCCN(CCO)S(=O)(=O)c1ccc(Cl)c([N+](=O)[O-])c1. The minimum atomic E-state index is -3.98. The fourth-order valence-corrected chi connectivity index (χ4v) is 3.22. The summed E-state index contributed by atoms with van der Waals surface area (Å²) in [7, 11) is -2.56. The number of rotatable bonds is 8. The van der Waals surface area contributed by atoms with E-state index >= 15 is 0 Å². The smallest absolute Gasteiger partial charge is 0.289 e. The van der Waals surface area contributed by atoms with Crippen LogP contribution < -0.4 is 0 Å². The van der Waals surface area contributed by atoms with Gasteiger partial charge in [-0.05, 0) is 12.1 Å². The van der Waals surface area contributed by atoms with Crippen LogP contribution in [0.5, 0.6) is 0 Å². The quantitative estimate of drug-likeness (QED) is 0.556. The highest BCUT2D eigenvalue weighted by atomic mass is 35.5. The van der Waals surface area contributed by atoms with E-state index in [0.29, 0.717) is 0 Å². The number of aliphatic hydroxyl groups is 1. The van der Waals surface area contributed by atoms with Gasteiger partial charge in [0.15, 0.2) is 0 Å². The van der Waals surface area contributed by atoms with Gasteiger partial charge >= 0.3 is 0 Å². The Morgan fingerprint density at radius 1 is 1.43 bits per heavy atom. The number of nitro benzene ring substituents is 1. The predicted molar refractivity (Wildman–Crippen MR) is 75.8 cm³/mol. The minimum Gasteiger partial charge on any atom is -0.395 e. The second kappa shape index (κ2) is 7.66. The molecule has 0 bridgehead atoms. The summed E-state index contributed by atoms with van der Waals surface area (Å²) in [5.41, 5.74) is -0.492. The molecule has 21 heavy (non-hydrogen) atoms. The topological polar surface area (TPSA) is 110 Å². The third kappa shape index (κ3) is 4.35. The van der Waals surface area contributed by atoms with Crippen LogP contribution in [0.3, 0.4) is 0 Å². The average molecular weight is 339 g/mol. The number of nitro groups is 1. The Kier molecular flexibility index (Phi) is 6.49. The maximum absolute atomic E-state index is 12.4. The van der Waals surface area contributed by atoms with E-state index < -0.39 is 20.6 Å². The molecule has 1 aromatic carbocycles. The molecule has 10 heteroatoms. The summed E-state index contributed by atoms with van der Waals surface area (Å²) in [5, 5.41) is 19.6. The summed E-state index contributed by atoms with van der Waals surface area (Å²) < 4.78 is 30.6. The van der Waals surface area contributed by atoms with Gasteiger partial charge in [-0.25, -0.2) is 8.42 Å². The maximum Gasteiger partial charge on any atom is 0.289 e. The van der Waals surface area contributed by atoms with Crippen LogP contribution in [0, 0.1) is 10.1 Å². The molecule has 0 aliphatic heterocycles. The largest absolute Gasteiger partial charge is 0.395 e. The number of hydrogen-bond acceptors (Lipinski definition) is 6. The molecule has 8 nitrogen and oxygen atoms in total.